The molecule has 0 heterocycles. The van der Waals surface area contributed by atoms with E-state index in [0.717, 1.165) is 11.3 Å². The third kappa shape index (κ3) is 5.85. The van der Waals surface area contributed by atoms with Crippen LogP contribution in [0.15, 0.2) is 54.6 Å². The smallest absolute Gasteiger partial charge is 0.255 e. The van der Waals surface area contributed by atoms with Gasteiger partial charge in [-0.15, -0.1) is 0 Å². The van der Waals surface area contributed by atoms with Crippen molar-refractivity contribution in [1.82, 2.24) is 4.90 Å². The van der Waals surface area contributed by atoms with Gasteiger partial charge in [0.1, 0.15) is 0 Å². The minimum atomic E-state index is -0.739. The summed E-state index contributed by atoms with van der Waals surface area (Å²) in [6, 6.07) is 17.0. The summed E-state index contributed by atoms with van der Waals surface area (Å²) in [5, 5.41) is 12.8. The first-order chi connectivity index (χ1) is 10.8. The summed E-state index contributed by atoms with van der Waals surface area (Å²) in [6.07, 6.45) is 0. The van der Waals surface area contributed by atoms with E-state index >= 15 is 0 Å². The van der Waals surface area contributed by atoms with E-state index in [1.54, 1.807) is 19.9 Å². The van der Waals surface area contributed by atoms with Crippen LogP contribution >= 0.6 is 0 Å². The highest BCUT2D eigenvalue weighted by atomic mass is 16.3. The maximum Gasteiger partial charge on any atom is 0.255 e. The number of para-hydroxylation sites is 1. The average Bonchev–Trinajstić information content (AvgIpc) is 2.46. The maximum absolute atomic E-state index is 12.3. The van der Waals surface area contributed by atoms with E-state index in [4.69, 9.17) is 0 Å². The van der Waals surface area contributed by atoms with Crippen molar-refractivity contribution in [2.45, 2.75) is 26.0 Å². The number of nitrogens with one attached hydrogen (secondary N) is 1. The Morgan fingerprint density at radius 3 is 2.48 bits per heavy atom. The zero-order chi connectivity index (χ0) is 16.9. The highest BCUT2D eigenvalue weighted by molar-refractivity contribution is 6.04. The summed E-state index contributed by atoms with van der Waals surface area (Å²) in [5.74, 6) is -0.122. The standard InChI is InChI=1S/C19H24N2O2/c1-19(2,23)14-21(3)13-15-8-7-9-16(12-15)18(22)20-17-10-5-4-6-11-17/h4-12,23H,13-14H2,1-3H3,(H,20,22). The highest BCUT2D eigenvalue weighted by Gasteiger charge is 2.16. The van der Waals surface area contributed by atoms with Crippen LogP contribution in [0.25, 0.3) is 0 Å². The van der Waals surface area contributed by atoms with Crippen LogP contribution in [0, 0.1) is 0 Å². The Balaban J connectivity index is 2.03. The fraction of sp³-hybridized carbons (Fsp3) is 0.316. The van der Waals surface area contributed by atoms with Crippen molar-refractivity contribution >= 4 is 11.6 Å². The summed E-state index contributed by atoms with van der Waals surface area (Å²) < 4.78 is 0. The third-order valence-corrected chi connectivity index (χ3v) is 3.33. The van der Waals surface area contributed by atoms with Crippen LogP contribution in [-0.2, 0) is 6.54 Å². The molecular weight excluding hydrogens is 288 g/mol. The van der Waals surface area contributed by atoms with Crippen molar-refractivity contribution in [2.24, 2.45) is 0 Å². The average molecular weight is 312 g/mol. The number of nitrogens with zero attached hydrogens (tertiary/aromatic N) is 1. The number of aliphatic hydroxyl groups is 1. The van der Waals surface area contributed by atoms with Crippen molar-refractivity contribution in [3.63, 3.8) is 0 Å². The van der Waals surface area contributed by atoms with Gasteiger partial charge in [-0.3, -0.25) is 9.69 Å². The van der Waals surface area contributed by atoms with Gasteiger partial charge in [0, 0.05) is 24.3 Å². The van der Waals surface area contributed by atoms with Gasteiger partial charge in [0.15, 0.2) is 0 Å². The van der Waals surface area contributed by atoms with Crippen molar-refractivity contribution in [3.8, 4) is 0 Å². The Kier molecular flexibility index (Phi) is 5.53. The quantitative estimate of drug-likeness (QED) is 0.861. The van der Waals surface area contributed by atoms with Crippen LogP contribution in [0.4, 0.5) is 5.69 Å². The Hall–Kier alpha value is -2.17. The molecule has 0 bridgehead atoms. The second-order valence-electron chi connectivity index (χ2n) is 6.51. The molecule has 4 nitrogen and oxygen atoms in total. The first-order valence-electron chi connectivity index (χ1n) is 7.70. The number of rotatable bonds is 6. The van der Waals surface area contributed by atoms with E-state index in [2.05, 4.69) is 5.32 Å². The van der Waals surface area contributed by atoms with Crippen molar-refractivity contribution in [3.05, 3.63) is 65.7 Å². The first kappa shape index (κ1) is 17.2. The highest BCUT2D eigenvalue weighted by Crippen LogP contribution is 2.13. The molecule has 0 fully saturated rings. The molecule has 0 aliphatic rings. The molecule has 0 aliphatic carbocycles. The maximum atomic E-state index is 12.3. The molecule has 0 aromatic heterocycles. The van der Waals surface area contributed by atoms with Crippen molar-refractivity contribution in [1.29, 1.82) is 0 Å². The summed E-state index contributed by atoms with van der Waals surface area (Å²) in [6.45, 7) is 4.81. The molecule has 122 valence electrons. The topological polar surface area (TPSA) is 52.6 Å². The minimum absolute atomic E-state index is 0.122. The van der Waals surface area contributed by atoms with E-state index in [1.807, 2.05) is 60.5 Å². The Labute approximate surface area is 137 Å². The Morgan fingerprint density at radius 1 is 1.13 bits per heavy atom. The number of anilines is 1. The normalized spacial score (nSPS) is 11.5. The number of benzene rings is 2. The number of amides is 1. The van der Waals surface area contributed by atoms with Gasteiger partial charge in [0.2, 0.25) is 0 Å². The van der Waals surface area contributed by atoms with Gasteiger partial charge in [-0.1, -0.05) is 30.3 Å². The molecule has 2 aromatic carbocycles. The second kappa shape index (κ2) is 7.40. The minimum Gasteiger partial charge on any atom is -0.389 e. The first-order valence-corrected chi connectivity index (χ1v) is 7.70. The molecule has 2 aromatic rings. The van der Waals surface area contributed by atoms with Gasteiger partial charge >= 0.3 is 0 Å². The molecule has 1 amide bonds. The van der Waals surface area contributed by atoms with Crippen molar-refractivity contribution < 1.29 is 9.90 Å². The van der Waals surface area contributed by atoms with Crippen LogP contribution in [0.5, 0.6) is 0 Å². The molecule has 0 unspecified atom stereocenters. The fourth-order valence-electron chi connectivity index (χ4n) is 2.56. The van der Waals surface area contributed by atoms with Crippen LogP contribution in [0.2, 0.25) is 0 Å². The summed E-state index contributed by atoms with van der Waals surface area (Å²) in [4.78, 5) is 14.4. The van der Waals surface area contributed by atoms with Crippen LogP contribution in [-0.4, -0.2) is 35.1 Å². The Morgan fingerprint density at radius 2 is 1.83 bits per heavy atom. The lowest BCUT2D eigenvalue weighted by Gasteiger charge is -2.25. The number of carbonyl (C=O) groups excluding carboxylic acids is 1. The predicted molar refractivity (Wildman–Crippen MR) is 93.5 cm³/mol. The zero-order valence-electron chi connectivity index (χ0n) is 13.9. The summed E-state index contributed by atoms with van der Waals surface area (Å²) in [7, 11) is 1.95. The fourth-order valence-corrected chi connectivity index (χ4v) is 2.56. The van der Waals surface area contributed by atoms with Gasteiger partial charge in [-0.05, 0) is 50.7 Å². The molecule has 0 radical (unpaired) electrons. The lowest BCUT2D eigenvalue weighted by Crippen LogP contribution is -2.35. The Bertz CT molecular complexity index is 648. The summed E-state index contributed by atoms with van der Waals surface area (Å²) in [5.41, 5.74) is 1.71. The van der Waals surface area contributed by atoms with Crippen LogP contribution in [0.1, 0.15) is 29.8 Å². The number of carbonyl (C=O) groups is 1. The molecular formula is C19H24N2O2. The summed E-state index contributed by atoms with van der Waals surface area (Å²) >= 11 is 0. The number of hydrogen-bond donors (Lipinski definition) is 2. The molecule has 4 heteroatoms. The van der Waals surface area contributed by atoms with E-state index in [-0.39, 0.29) is 5.91 Å². The number of likely N-dealkylation sites (N-methyl/N-ethyl adjacent to an activating group) is 1. The van der Waals surface area contributed by atoms with E-state index in [0.29, 0.717) is 18.7 Å². The number of hydrogen-bond acceptors (Lipinski definition) is 3. The predicted octanol–water partition coefficient (Wildman–Crippen LogP) is 3.14. The third-order valence-electron chi connectivity index (χ3n) is 3.33. The lowest BCUT2D eigenvalue weighted by molar-refractivity contribution is 0.0424. The molecule has 0 aliphatic heterocycles. The lowest BCUT2D eigenvalue weighted by atomic mass is 10.1. The molecule has 0 saturated heterocycles. The van der Waals surface area contributed by atoms with E-state index < -0.39 is 5.60 Å². The van der Waals surface area contributed by atoms with Gasteiger partial charge < -0.3 is 10.4 Å². The van der Waals surface area contributed by atoms with Gasteiger partial charge in [-0.25, -0.2) is 0 Å². The van der Waals surface area contributed by atoms with E-state index in [1.165, 1.54) is 0 Å². The van der Waals surface area contributed by atoms with Gasteiger partial charge in [0.25, 0.3) is 5.91 Å². The van der Waals surface area contributed by atoms with Gasteiger partial charge in [0.05, 0.1) is 5.60 Å². The van der Waals surface area contributed by atoms with Crippen LogP contribution < -0.4 is 5.32 Å². The SMILES string of the molecule is CN(Cc1cccc(C(=O)Nc2ccccc2)c1)CC(C)(C)O. The van der Waals surface area contributed by atoms with Crippen molar-refractivity contribution in [2.75, 3.05) is 18.9 Å². The monoisotopic (exact) mass is 312 g/mol. The molecule has 0 saturated carbocycles. The largest absolute Gasteiger partial charge is 0.389 e. The molecule has 2 rings (SSSR count). The molecule has 2 N–H and O–H groups in total. The van der Waals surface area contributed by atoms with E-state index in [9.17, 15) is 9.90 Å². The molecule has 0 spiro atoms. The zero-order valence-corrected chi connectivity index (χ0v) is 13.9. The molecule has 0 atom stereocenters. The molecule has 23 heavy (non-hydrogen) atoms. The second-order valence-corrected chi connectivity index (χ2v) is 6.51. The van der Waals surface area contributed by atoms with Gasteiger partial charge in [-0.2, -0.15) is 0 Å². The van der Waals surface area contributed by atoms with Crippen LogP contribution in [0.3, 0.4) is 0 Å².